The van der Waals surface area contributed by atoms with E-state index in [-0.39, 0.29) is 6.04 Å². The standard InChI is InChI=1S/C20H26N2O5S/c1-15-4-2-5-17(12-15)28(23,24)21-16-13-22(14-16)8-9-25-18-6-3-7-19-20(18)27-11-10-26-19/h2,4-6,12,16,21H,3,7-11,13-14H2,1H3. The number of hydrogen-bond acceptors (Lipinski definition) is 6. The third kappa shape index (κ3) is 4.34. The number of sulfonamides is 1. The van der Waals surface area contributed by atoms with Crippen molar-refractivity contribution in [2.24, 2.45) is 0 Å². The minimum atomic E-state index is -3.47. The monoisotopic (exact) mass is 406 g/mol. The molecule has 0 unspecified atom stereocenters. The van der Waals surface area contributed by atoms with Gasteiger partial charge in [-0.3, -0.25) is 4.90 Å². The van der Waals surface area contributed by atoms with Crippen molar-refractivity contribution in [1.82, 2.24) is 9.62 Å². The molecule has 0 amide bonds. The normalized spacial score (nSPS) is 20.5. The zero-order valence-electron chi connectivity index (χ0n) is 16.0. The highest BCUT2D eigenvalue weighted by atomic mass is 32.2. The van der Waals surface area contributed by atoms with Crippen LogP contribution in [0.4, 0.5) is 0 Å². The van der Waals surface area contributed by atoms with E-state index in [1.165, 1.54) is 0 Å². The molecule has 1 fully saturated rings. The summed E-state index contributed by atoms with van der Waals surface area (Å²) < 4.78 is 44.9. The van der Waals surface area contributed by atoms with Crippen LogP contribution in [0.3, 0.4) is 0 Å². The van der Waals surface area contributed by atoms with Gasteiger partial charge >= 0.3 is 0 Å². The van der Waals surface area contributed by atoms with Crippen molar-refractivity contribution in [3.05, 3.63) is 53.2 Å². The highest BCUT2D eigenvalue weighted by Gasteiger charge is 2.31. The summed E-state index contributed by atoms with van der Waals surface area (Å²) in [6.45, 7) is 5.67. The molecule has 0 spiro atoms. The van der Waals surface area contributed by atoms with Gasteiger partial charge in [-0.25, -0.2) is 13.1 Å². The predicted octanol–water partition coefficient (Wildman–Crippen LogP) is 1.91. The Balaban J connectivity index is 1.21. The average Bonchev–Trinajstić information content (AvgIpc) is 2.66. The SMILES string of the molecule is Cc1cccc(S(=O)(=O)NC2CN(CCOC3=CCCC4=C3OCCO4)C2)c1. The Bertz CT molecular complexity index is 888. The maximum absolute atomic E-state index is 12.5. The van der Waals surface area contributed by atoms with Crippen LogP contribution in [0.25, 0.3) is 0 Å². The van der Waals surface area contributed by atoms with Gasteiger partial charge in [0.2, 0.25) is 10.0 Å². The van der Waals surface area contributed by atoms with Crippen molar-refractivity contribution in [1.29, 1.82) is 0 Å². The summed E-state index contributed by atoms with van der Waals surface area (Å²) in [5, 5.41) is 0. The summed E-state index contributed by atoms with van der Waals surface area (Å²) in [4.78, 5) is 2.48. The Kier molecular flexibility index (Phi) is 5.61. The highest BCUT2D eigenvalue weighted by Crippen LogP contribution is 2.30. The fraction of sp³-hybridized carbons (Fsp3) is 0.500. The lowest BCUT2D eigenvalue weighted by atomic mass is 10.1. The summed E-state index contributed by atoms with van der Waals surface area (Å²) in [6, 6.07) is 6.89. The van der Waals surface area contributed by atoms with E-state index in [0.29, 0.717) is 37.8 Å². The summed E-state index contributed by atoms with van der Waals surface area (Å²) in [5.41, 5.74) is 0.929. The summed E-state index contributed by atoms with van der Waals surface area (Å²) >= 11 is 0. The lowest BCUT2D eigenvalue weighted by Gasteiger charge is -2.39. The quantitative estimate of drug-likeness (QED) is 0.745. The van der Waals surface area contributed by atoms with Gasteiger partial charge in [0.1, 0.15) is 25.6 Å². The van der Waals surface area contributed by atoms with E-state index in [9.17, 15) is 8.42 Å². The molecule has 0 aromatic heterocycles. The van der Waals surface area contributed by atoms with E-state index in [4.69, 9.17) is 14.2 Å². The van der Waals surface area contributed by atoms with Crippen LogP contribution in [-0.4, -0.2) is 58.8 Å². The Morgan fingerprint density at radius 3 is 2.89 bits per heavy atom. The minimum absolute atomic E-state index is 0.0659. The van der Waals surface area contributed by atoms with Crippen molar-refractivity contribution in [2.45, 2.75) is 30.7 Å². The molecule has 1 aromatic rings. The van der Waals surface area contributed by atoms with Gasteiger partial charge in [-0.1, -0.05) is 12.1 Å². The number of aryl methyl sites for hydroxylation is 1. The fourth-order valence-electron chi connectivity index (χ4n) is 3.58. The van der Waals surface area contributed by atoms with Crippen molar-refractivity contribution < 1.29 is 22.6 Å². The van der Waals surface area contributed by atoms with E-state index in [0.717, 1.165) is 42.2 Å². The Morgan fingerprint density at radius 2 is 2.07 bits per heavy atom. The zero-order valence-corrected chi connectivity index (χ0v) is 16.8. The molecule has 0 radical (unpaired) electrons. The van der Waals surface area contributed by atoms with Gasteiger partial charge in [0, 0.05) is 32.1 Å². The van der Waals surface area contributed by atoms with E-state index < -0.39 is 10.0 Å². The molecule has 1 aliphatic carbocycles. The number of benzene rings is 1. The van der Waals surface area contributed by atoms with Crippen LogP contribution in [0.15, 0.2) is 52.5 Å². The number of ether oxygens (including phenoxy) is 3. The van der Waals surface area contributed by atoms with Crippen molar-refractivity contribution in [3.63, 3.8) is 0 Å². The first-order chi connectivity index (χ1) is 13.5. The molecule has 1 aromatic carbocycles. The third-order valence-electron chi connectivity index (χ3n) is 5.03. The van der Waals surface area contributed by atoms with Gasteiger partial charge in [0.25, 0.3) is 0 Å². The largest absolute Gasteiger partial charge is 0.490 e. The number of likely N-dealkylation sites (tertiary alicyclic amines) is 1. The van der Waals surface area contributed by atoms with Gasteiger partial charge in [-0.2, -0.15) is 0 Å². The van der Waals surface area contributed by atoms with E-state index >= 15 is 0 Å². The second kappa shape index (κ2) is 8.14. The molecule has 28 heavy (non-hydrogen) atoms. The molecule has 4 rings (SSSR count). The minimum Gasteiger partial charge on any atom is -0.490 e. The molecule has 3 aliphatic rings. The predicted molar refractivity (Wildman–Crippen MR) is 104 cm³/mol. The molecule has 0 bridgehead atoms. The van der Waals surface area contributed by atoms with E-state index in [1.54, 1.807) is 18.2 Å². The van der Waals surface area contributed by atoms with E-state index in [2.05, 4.69) is 9.62 Å². The first kappa shape index (κ1) is 19.3. The number of allylic oxidation sites excluding steroid dienone is 2. The highest BCUT2D eigenvalue weighted by molar-refractivity contribution is 7.89. The van der Waals surface area contributed by atoms with Crippen molar-refractivity contribution >= 4 is 10.0 Å². The topological polar surface area (TPSA) is 77.1 Å². The lowest BCUT2D eigenvalue weighted by Crippen LogP contribution is -2.59. The first-order valence-electron chi connectivity index (χ1n) is 9.65. The van der Waals surface area contributed by atoms with Crippen LogP contribution in [0.5, 0.6) is 0 Å². The number of rotatable bonds is 7. The van der Waals surface area contributed by atoms with E-state index in [1.807, 2.05) is 19.1 Å². The molecule has 0 atom stereocenters. The second-order valence-corrected chi connectivity index (χ2v) is 9.01. The average molecular weight is 407 g/mol. The number of nitrogens with one attached hydrogen (secondary N) is 1. The summed E-state index contributed by atoms with van der Waals surface area (Å²) in [6.07, 6.45) is 3.80. The fourth-order valence-corrected chi connectivity index (χ4v) is 4.90. The second-order valence-electron chi connectivity index (χ2n) is 7.30. The lowest BCUT2D eigenvalue weighted by molar-refractivity contribution is 0.0359. The molecule has 2 aliphatic heterocycles. The molecule has 8 heteroatoms. The molecule has 152 valence electrons. The number of nitrogens with zero attached hydrogens (tertiary/aromatic N) is 1. The van der Waals surface area contributed by atoms with Gasteiger partial charge < -0.3 is 14.2 Å². The number of hydrogen-bond donors (Lipinski definition) is 1. The van der Waals surface area contributed by atoms with Gasteiger partial charge in [-0.15, -0.1) is 0 Å². The molecule has 1 saturated heterocycles. The van der Waals surface area contributed by atoms with Crippen molar-refractivity contribution in [2.75, 3.05) is 39.5 Å². The Morgan fingerprint density at radius 1 is 1.25 bits per heavy atom. The smallest absolute Gasteiger partial charge is 0.240 e. The first-order valence-corrected chi connectivity index (χ1v) is 11.1. The van der Waals surface area contributed by atoms with Gasteiger partial charge in [0.15, 0.2) is 11.5 Å². The van der Waals surface area contributed by atoms with Gasteiger partial charge in [-0.05, 0) is 37.1 Å². The summed E-state index contributed by atoms with van der Waals surface area (Å²) in [5.74, 6) is 2.39. The molecular weight excluding hydrogens is 380 g/mol. The van der Waals surface area contributed by atoms with Crippen LogP contribution in [0.2, 0.25) is 0 Å². The molecule has 1 N–H and O–H groups in total. The molecule has 7 nitrogen and oxygen atoms in total. The van der Waals surface area contributed by atoms with Crippen LogP contribution in [-0.2, 0) is 24.2 Å². The summed E-state index contributed by atoms with van der Waals surface area (Å²) in [7, 11) is -3.47. The van der Waals surface area contributed by atoms with Crippen LogP contribution in [0, 0.1) is 6.92 Å². The maximum atomic E-state index is 12.5. The molecular formula is C20H26N2O5S. The molecule has 0 saturated carbocycles. The Labute approximate surface area is 166 Å². The van der Waals surface area contributed by atoms with Crippen molar-refractivity contribution in [3.8, 4) is 0 Å². The van der Waals surface area contributed by atoms with Crippen LogP contribution < -0.4 is 4.72 Å². The van der Waals surface area contributed by atoms with Gasteiger partial charge in [0.05, 0.1) is 4.90 Å². The van der Waals surface area contributed by atoms with Crippen LogP contribution in [0.1, 0.15) is 18.4 Å². The van der Waals surface area contributed by atoms with Crippen LogP contribution >= 0.6 is 0 Å². The maximum Gasteiger partial charge on any atom is 0.240 e. The third-order valence-corrected chi connectivity index (χ3v) is 6.55. The molecule has 2 heterocycles. The Hall–Kier alpha value is -2.03. The zero-order chi connectivity index (χ0) is 19.6.